The van der Waals surface area contributed by atoms with Gasteiger partial charge < -0.3 is 35.8 Å². The molecule has 1 heterocycles. The molecule has 1 aliphatic heterocycles. The lowest BCUT2D eigenvalue weighted by Crippen LogP contribution is -2.64. The summed E-state index contributed by atoms with van der Waals surface area (Å²) in [6.07, 6.45) is -0.381. The van der Waals surface area contributed by atoms with Crippen LogP contribution in [0.5, 0.6) is 0 Å². The first-order valence-corrected chi connectivity index (χ1v) is 7.72. The molecule has 0 radical (unpaired) electrons. The third-order valence-corrected chi connectivity index (χ3v) is 3.72. The van der Waals surface area contributed by atoms with Gasteiger partial charge in [-0.05, 0) is 19.4 Å². The van der Waals surface area contributed by atoms with E-state index in [1.807, 2.05) is 0 Å². The quantitative estimate of drug-likeness (QED) is 0.273. The fraction of sp³-hybridized carbons (Fsp3) is 0.929. The minimum Gasteiger partial charge on any atom is -0.388 e. The Balaban J connectivity index is 2.08. The Morgan fingerprint density at radius 2 is 1.82 bits per heavy atom. The molecule has 0 bridgehead atoms. The topological polar surface area (TPSA) is 131 Å². The van der Waals surface area contributed by atoms with E-state index in [1.165, 1.54) is 6.92 Å². The monoisotopic (exact) mass is 320 g/mol. The van der Waals surface area contributed by atoms with Gasteiger partial charge in [0.1, 0.15) is 18.3 Å². The summed E-state index contributed by atoms with van der Waals surface area (Å²) in [5, 5.41) is 44.4. The lowest BCUT2D eigenvalue weighted by Gasteiger charge is -2.41. The molecule has 1 rings (SSSR count). The van der Waals surface area contributed by atoms with Crippen molar-refractivity contribution in [2.75, 3.05) is 26.2 Å². The molecule has 0 aromatic carbocycles. The second-order valence-electron chi connectivity index (χ2n) is 5.73. The fourth-order valence-corrected chi connectivity index (χ4v) is 2.31. The SMILES string of the molecule is CC(=O)NCCCCCCNCC1(O)OCC(O)C(O)C1O. The van der Waals surface area contributed by atoms with Crippen LogP contribution < -0.4 is 10.6 Å². The number of hydrogen-bond donors (Lipinski definition) is 6. The van der Waals surface area contributed by atoms with Crippen LogP contribution >= 0.6 is 0 Å². The van der Waals surface area contributed by atoms with E-state index in [-0.39, 0.29) is 19.1 Å². The van der Waals surface area contributed by atoms with Gasteiger partial charge in [0.25, 0.3) is 0 Å². The third kappa shape index (κ3) is 6.15. The second kappa shape index (κ2) is 9.39. The summed E-state index contributed by atoms with van der Waals surface area (Å²) in [6.45, 7) is 2.57. The summed E-state index contributed by atoms with van der Waals surface area (Å²) in [6, 6.07) is 0. The number of carbonyl (C=O) groups is 1. The van der Waals surface area contributed by atoms with Gasteiger partial charge >= 0.3 is 0 Å². The lowest BCUT2D eigenvalue weighted by atomic mass is 9.97. The minimum atomic E-state index is -1.88. The van der Waals surface area contributed by atoms with Crippen molar-refractivity contribution >= 4 is 5.91 Å². The smallest absolute Gasteiger partial charge is 0.216 e. The lowest BCUT2D eigenvalue weighted by molar-refractivity contribution is -0.317. The van der Waals surface area contributed by atoms with Crippen molar-refractivity contribution in [2.24, 2.45) is 0 Å². The number of rotatable bonds is 9. The summed E-state index contributed by atoms with van der Waals surface area (Å²) < 4.78 is 5.04. The number of aliphatic hydroxyl groups excluding tert-OH is 3. The predicted octanol–water partition coefficient (Wildman–Crippen LogP) is -1.93. The number of ether oxygens (including phenoxy) is 1. The van der Waals surface area contributed by atoms with Gasteiger partial charge in [-0.2, -0.15) is 0 Å². The average Bonchev–Trinajstić information content (AvgIpc) is 2.47. The standard InChI is InChI=1S/C14H28N2O6/c1-10(17)16-7-5-3-2-4-6-15-9-14(21)13(20)12(19)11(18)8-22-14/h11-13,15,18-21H,2-9H2,1H3,(H,16,17). The number of hydrogen-bond acceptors (Lipinski definition) is 7. The molecule has 1 amide bonds. The first-order valence-electron chi connectivity index (χ1n) is 7.72. The highest BCUT2D eigenvalue weighted by atomic mass is 16.6. The van der Waals surface area contributed by atoms with Crippen LogP contribution in [0, 0.1) is 0 Å². The summed E-state index contributed by atoms with van der Waals surface area (Å²) in [7, 11) is 0. The molecule has 0 spiro atoms. The maximum absolute atomic E-state index is 10.7. The third-order valence-electron chi connectivity index (χ3n) is 3.72. The van der Waals surface area contributed by atoms with E-state index in [1.54, 1.807) is 0 Å². The number of amides is 1. The van der Waals surface area contributed by atoms with Crippen LogP contribution in [0.25, 0.3) is 0 Å². The van der Waals surface area contributed by atoms with Crippen molar-refractivity contribution in [1.29, 1.82) is 0 Å². The van der Waals surface area contributed by atoms with Gasteiger partial charge in [-0.25, -0.2) is 0 Å². The van der Waals surface area contributed by atoms with Gasteiger partial charge in [0.05, 0.1) is 13.2 Å². The van der Waals surface area contributed by atoms with E-state index < -0.39 is 24.1 Å². The van der Waals surface area contributed by atoms with Crippen molar-refractivity contribution in [3.8, 4) is 0 Å². The summed E-state index contributed by atoms with van der Waals surface area (Å²) in [5.41, 5.74) is 0. The molecule has 0 saturated carbocycles. The van der Waals surface area contributed by atoms with Gasteiger partial charge in [0.2, 0.25) is 11.7 Å². The Kier molecular flexibility index (Phi) is 8.23. The van der Waals surface area contributed by atoms with Gasteiger partial charge in [-0.1, -0.05) is 12.8 Å². The Labute approximate surface area is 130 Å². The van der Waals surface area contributed by atoms with Crippen LogP contribution in [-0.4, -0.2) is 76.7 Å². The summed E-state index contributed by atoms with van der Waals surface area (Å²) >= 11 is 0. The zero-order valence-corrected chi connectivity index (χ0v) is 13.0. The van der Waals surface area contributed by atoms with E-state index >= 15 is 0 Å². The first-order chi connectivity index (χ1) is 10.4. The Morgan fingerprint density at radius 3 is 2.45 bits per heavy atom. The highest BCUT2D eigenvalue weighted by molar-refractivity contribution is 5.72. The Morgan fingerprint density at radius 1 is 1.18 bits per heavy atom. The molecule has 0 aliphatic carbocycles. The molecule has 6 N–H and O–H groups in total. The highest BCUT2D eigenvalue weighted by Gasteiger charge is 2.47. The molecule has 1 saturated heterocycles. The van der Waals surface area contributed by atoms with Crippen molar-refractivity contribution in [1.82, 2.24) is 10.6 Å². The number of aliphatic hydroxyl groups is 4. The fourth-order valence-electron chi connectivity index (χ4n) is 2.31. The molecule has 4 unspecified atom stereocenters. The van der Waals surface area contributed by atoms with Gasteiger partial charge in [-0.15, -0.1) is 0 Å². The summed E-state index contributed by atoms with van der Waals surface area (Å²) in [4.78, 5) is 10.7. The molecule has 4 atom stereocenters. The number of carbonyl (C=O) groups excluding carboxylic acids is 1. The molecular weight excluding hydrogens is 292 g/mol. The van der Waals surface area contributed by atoms with Gasteiger partial charge in [0, 0.05) is 13.5 Å². The van der Waals surface area contributed by atoms with Crippen LogP contribution in [0.2, 0.25) is 0 Å². The molecule has 1 aliphatic rings. The zero-order valence-electron chi connectivity index (χ0n) is 13.0. The van der Waals surface area contributed by atoms with Crippen LogP contribution in [-0.2, 0) is 9.53 Å². The molecule has 0 aromatic heterocycles. The van der Waals surface area contributed by atoms with Crippen LogP contribution in [0.1, 0.15) is 32.6 Å². The minimum absolute atomic E-state index is 0.0201. The zero-order chi connectivity index (χ0) is 16.6. The van der Waals surface area contributed by atoms with Crippen molar-refractivity contribution in [3.63, 3.8) is 0 Å². The number of nitrogens with one attached hydrogen (secondary N) is 2. The maximum atomic E-state index is 10.7. The maximum Gasteiger partial charge on any atom is 0.216 e. The molecule has 1 fully saturated rings. The van der Waals surface area contributed by atoms with E-state index in [0.29, 0.717) is 13.1 Å². The molecule has 0 aromatic rings. The Hall–Kier alpha value is -0.770. The van der Waals surface area contributed by atoms with Gasteiger partial charge in [0.15, 0.2) is 0 Å². The van der Waals surface area contributed by atoms with Crippen LogP contribution in [0.15, 0.2) is 0 Å². The molecule has 22 heavy (non-hydrogen) atoms. The average molecular weight is 320 g/mol. The largest absolute Gasteiger partial charge is 0.388 e. The highest BCUT2D eigenvalue weighted by Crippen LogP contribution is 2.23. The van der Waals surface area contributed by atoms with Crippen LogP contribution in [0.4, 0.5) is 0 Å². The molecule has 8 heteroatoms. The van der Waals surface area contributed by atoms with E-state index in [4.69, 9.17) is 4.74 Å². The second-order valence-corrected chi connectivity index (χ2v) is 5.73. The van der Waals surface area contributed by atoms with E-state index in [2.05, 4.69) is 10.6 Å². The summed E-state index contributed by atoms with van der Waals surface area (Å²) in [5.74, 6) is -1.91. The normalized spacial score (nSPS) is 32.0. The van der Waals surface area contributed by atoms with Crippen molar-refractivity contribution < 1.29 is 30.0 Å². The van der Waals surface area contributed by atoms with Crippen molar-refractivity contribution in [3.05, 3.63) is 0 Å². The van der Waals surface area contributed by atoms with Crippen LogP contribution in [0.3, 0.4) is 0 Å². The Bertz CT molecular complexity index is 343. The molecule has 130 valence electrons. The predicted molar refractivity (Wildman–Crippen MR) is 78.9 cm³/mol. The number of unbranched alkanes of at least 4 members (excludes halogenated alkanes) is 3. The first kappa shape index (κ1) is 19.3. The van der Waals surface area contributed by atoms with E-state index in [0.717, 1.165) is 25.7 Å². The van der Waals surface area contributed by atoms with E-state index in [9.17, 15) is 25.2 Å². The molecule has 8 nitrogen and oxygen atoms in total. The molecular formula is C14H28N2O6. The van der Waals surface area contributed by atoms with Crippen molar-refractivity contribution in [2.45, 2.75) is 56.7 Å². The van der Waals surface area contributed by atoms with Gasteiger partial charge in [-0.3, -0.25) is 4.79 Å².